The third kappa shape index (κ3) is 3.21. The summed E-state index contributed by atoms with van der Waals surface area (Å²) in [5.41, 5.74) is -0.646. The van der Waals surface area contributed by atoms with Crippen molar-refractivity contribution in [3.05, 3.63) is 39.9 Å². The number of carbonyl (C=O) groups is 1. The second-order valence-electron chi connectivity index (χ2n) is 5.69. The number of nitro benzene ring substituents is 1. The van der Waals surface area contributed by atoms with E-state index in [1.54, 1.807) is 25.1 Å². The highest BCUT2D eigenvalue weighted by molar-refractivity contribution is 5.79. The standard InChI is InChI=1S/C15H20N2O4/c1-15(14(18)19,16-9-5-2-6-10-16)11-12-7-3-4-8-13(12)17(20)21/h3-4,7-8H,2,5-6,9-11H2,1H3,(H,18,19). The van der Waals surface area contributed by atoms with Crippen molar-refractivity contribution in [3.8, 4) is 0 Å². The lowest BCUT2D eigenvalue weighted by molar-refractivity contribution is -0.385. The fourth-order valence-electron chi connectivity index (χ4n) is 2.92. The van der Waals surface area contributed by atoms with Crippen molar-refractivity contribution >= 4 is 11.7 Å². The fourth-order valence-corrected chi connectivity index (χ4v) is 2.92. The molecule has 1 aliphatic heterocycles. The van der Waals surface area contributed by atoms with Crippen LogP contribution in [0.2, 0.25) is 0 Å². The maximum absolute atomic E-state index is 11.8. The van der Waals surface area contributed by atoms with E-state index in [1.165, 1.54) is 6.07 Å². The van der Waals surface area contributed by atoms with Crippen LogP contribution < -0.4 is 0 Å². The molecule has 0 saturated carbocycles. The molecule has 0 aliphatic carbocycles. The van der Waals surface area contributed by atoms with E-state index in [0.717, 1.165) is 32.4 Å². The van der Waals surface area contributed by atoms with Crippen LogP contribution in [0.1, 0.15) is 31.7 Å². The maximum Gasteiger partial charge on any atom is 0.324 e. The quantitative estimate of drug-likeness (QED) is 0.665. The van der Waals surface area contributed by atoms with E-state index >= 15 is 0 Å². The molecule has 1 aliphatic rings. The van der Waals surface area contributed by atoms with Gasteiger partial charge in [-0.3, -0.25) is 19.8 Å². The van der Waals surface area contributed by atoms with E-state index in [-0.39, 0.29) is 12.1 Å². The third-order valence-corrected chi connectivity index (χ3v) is 4.24. The molecule has 0 spiro atoms. The molecule has 0 amide bonds. The summed E-state index contributed by atoms with van der Waals surface area (Å²) in [6, 6.07) is 6.37. The van der Waals surface area contributed by atoms with E-state index in [4.69, 9.17) is 0 Å². The zero-order valence-electron chi connectivity index (χ0n) is 12.1. The zero-order valence-corrected chi connectivity index (χ0v) is 12.1. The highest BCUT2D eigenvalue weighted by Crippen LogP contribution is 2.29. The topological polar surface area (TPSA) is 83.7 Å². The van der Waals surface area contributed by atoms with E-state index in [0.29, 0.717) is 5.56 Å². The lowest BCUT2D eigenvalue weighted by atomic mass is 9.88. The number of hydrogen-bond donors (Lipinski definition) is 1. The maximum atomic E-state index is 11.8. The average molecular weight is 292 g/mol. The van der Waals surface area contributed by atoms with E-state index < -0.39 is 16.4 Å². The van der Waals surface area contributed by atoms with Crippen molar-refractivity contribution in [1.82, 2.24) is 4.90 Å². The van der Waals surface area contributed by atoms with Gasteiger partial charge in [0, 0.05) is 18.1 Å². The molecule has 1 aromatic rings. The number of likely N-dealkylation sites (tertiary alicyclic amines) is 1. The first-order valence-corrected chi connectivity index (χ1v) is 7.16. The lowest BCUT2D eigenvalue weighted by Crippen LogP contribution is -2.55. The number of benzene rings is 1. The number of nitro groups is 1. The summed E-state index contributed by atoms with van der Waals surface area (Å²) in [5, 5.41) is 20.8. The van der Waals surface area contributed by atoms with Crippen LogP contribution >= 0.6 is 0 Å². The first kappa shape index (κ1) is 15.4. The smallest absolute Gasteiger partial charge is 0.324 e. The minimum atomic E-state index is -1.10. The molecule has 1 unspecified atom stereocenters. The van der Waals surface area contributed by atoms with Gasteiger partial charge < -0.3 is 5.11 Å². The van der Waals surface area contributed by atoms with E-state index in [2.05, 4.69) is 0 Å². The van der Waals surface area contributed by atoms with Gasteiger partial charge in [-0.25, -0.2) is 0 Å². The van der Waals surface area contributed by atoms with Crippen molar-refractivity contribution < 1.29 is 14.8 Å². The molecule has 1 N–H and O–H groups in total. The van der Waals surface area contributed by atoms with Gasteiger partial charge in [-0.05, 0) is 32.9 Å². The first-order valence-electron chi connectivity index (χ1n) is 7.16. The van der Waals surface area contributed by atoms with Crippen LogP contribution in [-0.2, 0) is 11.2 Å². The van der Waals surface area contributed by atoms with Crippen molar-refractivity contribution in [1.29, 1.82) is 0 Å². The Hall–Kier alpha value is -1.95. The summed E-state index contributed by atoms with van der Waals surface area (Å²) < 4.78 is 0. The third-order valence-electron chi connectivity index (χ3n) is 4.24. The molecule has 1 aromatic carbocycles. The summed E-state index contributed by atoms with van der Waals surface area (Å²) in [5.74, 6) is -0.928. The first-order chi connectivity index (χ1) is 9.95. The molecule has 114 valence electrons. The molecular formula is C15H20N2O4. The highest BCUT2D eigenvalue weighted by atomic mass is 16.6. The Balaban J connectivity index is 2.32. The predicted molar refractivity (Wildman–Crippen MR) is 78.3 cm³/mol. The van der Waals surface area contributed by atoms with E-state index in [9.17, 15) is 20.0 Å². The van der Waals surface area contributed by atoms with Gasteiger partial charge in [0.1, 0.15) is 5.54 Å². The lowest BCUT2D eigenvalue weighted by Gasteiger charge is -2.40. The van der Waals surface area contributed by atoms with Gasteiger partial charge in [0.25, 0.3) is 5.69 Å². The van der Waals surface area contributed by atoms with Crippen LogP contribution in [0.3, 0.4) is 0 Å². The van der Waals surface area contributed by atoms with Gasteiger partial charge in [0.2, 0.25) is 0 Å². The normalized spacial score (nSPS) is 18.9. The average Bonchev–Trinajstić information content (AvgIpc) is 2.48. The number of carboxylic acids is 1. The van der Waals surface area contributed by atoms with Crippen molar-refractivity contribution in [2.24, 2.45) is 0 Å². The van der Waals surface area contributed by atoms with Crippen molar-refractivity contribution in [2.45, 2.75) is 38.1 Å². The van der Waals surface area contributed by atoms with E-state index in [1.807, 2.05) is 4.90 Å². The molecular weight excluding hydrogens is 272 g/mol. The second kappa shape index (κ2) is 6.22. The number of carboxylic acid groups (broad SMARTS) is 1. The summed E-state index contributed by atoms with van der Waals surface area (Å²) >= 11 is 0. The van der Waals surface area contributed by atoms with Gasteiger partial charge in [-0.2, -0.15) is 0 Å². The van der Waals surface area contributed by atoms with Gasteiger partial charge in [-0.1, -0.05) is 24.6 Å². The highest BCUT2D eigenvalue weighted by Gasteiger charge is 2.41. The van der Waals surface area contributed by atoms with Gasteiger partial charge in [0.05, 0.1) is 4.92 Å². The predicted octanol–water partition coefficient (Wildman–Crippen LogP) is 2.47. The second-order valence-corrected chi connectivity index (χ2v) is 5.69. The molecule has 1 atom stereocenters. The van der Waals surface area contributed by atoms with Gasteiger partial charge in [-0.15, -0.1) is 0 Å². The number of piperidine rings is 1. The molecule has 6 nitrogen and oxygen atoms in total. The molecule has 0 aromatic heterocycles. The minimum absolute atomic E-state index is 0.0121. The zero-order chi connectivity index (χ0) is 15.5. The molecule has 1 fully saturated rings. The Kier molecular flexibility index (Phi) is 4.57. The summed E-state index contributed by atoms with van der Waals surface area (Å²) in [7, 11) is 0. The van der Waals surface area contributed by atoms with Crippen LogP contribution in [0.5, 0.6) is 0 Å². The van der Waals surface area contributed by atoms with Crippen LogP contribution in [-0.4, -0.2) is 39.5 Å². The Morgan fingerprint density at radius 1 is 1.33 bits per heavy atom. The van der Waals surface area contributed by atoms with Crippen molar-refractivity contribution in [2.75, 3.05) is 13.1 Å². The summed E-state index contributed by atoms with van der Waals surface area (Å²) in [6.07, 6.45) is 3.19. The van der Waals surface area contributed by atoms with Gasteiger partial charge >= 0.3 is 5.97 Å². The largest absolute Gasteiger partial charge is 0.480 e. The number of rotatable bonds is 5. The molecule has 1 saturated heterocycles. The molecule has 21 heavy (non-hydrogen) atoms. The number of nitrogens with zero attached hydrogens (tertiary/aromatic N) is 2. The fraction of sp³-hybridized carbons (Fsp3) is 0.533. The molecule has 1 heterocycles. The van der Waals surface area contributed by atoms with Crippen LogP contribution in [0, 0.1) is 10.1 Å². The SMILES string of the molecule is CC(Cc1ccccc1[N+](=O)[O-])(C(=O)O)N1CCCCC1. The minimum Gasteiger partial charge on any atom is -0.480 e. The summed E-state index contributed by atoms with van der Waals surface area (Å²) in [6.45, 7) is 3.12. The van der Waals surface area contributed by atoms with Crippen LogP contribution in [0.25, 0.3) is 0 Å². The van der Waals surface area contributed by atoms with Gasteiger partial charge in [0.15, 0.2) is 0 Å². The molecule has 6 heteroatoms. The Morgan fingerprint density at radius 3 is 2.52 bits per heavy atom. The monoisotopic (exact) mass is 292 g/mol. The number of aliphatic carboxylic acids is 1. The summed E-state index contributed by atoms with van der Waals surface area (Å²) in [4.78, 5) is 24.4. The number of hydrogen-bond acceptors (Lipinski definition) is 4. The molecule has 0 radical (unpaired) electrons. The Morgan fingerprint density at radius 2 is 1.95 bits per heavy atom. The van der Waals surface area contributed by atoms with Crippen molar-refractivity contribution in [3.63, 3.8) is 0 Å². The molecule has 0 bridgehead atoms. The Labute approximate surface area is 123 Å². The molecule has 2 rings (SSSR count). The van der Waals surface area contributed by atoms with Crippen LogP contribution in [0.4, 0.5) is 5.69 Å². The van der Waals surface area contributed by atoms with Crippen LogP contribution in [0.15, 0.2) is 24.3 Å². The Bertz CT molecular complexity index is 540. The number of para-hydroxylation sites is 1.